The lowest BCUT2D eigenvalue weighted by atomic mass is 10.1. The predicted molar refractivity (Wildman–Crippen MR) is 103 cm³/mol. The highest BCUT2D eigenvalue weighted by molar-refractivity contribution is 9.10. The zero-order chi connectivity index (χ0) is 18.2. The highest BCUT2D eigenvalue weighted by Crippen LogP contribution is 2.35. The van der Waals surface area contributed by atoms with Crippen molar-refractivity contribution in [3.63, 3.8) is 0 Å². The van der Waals surface area contributed by atoms with Gasteiger partial charge in [-0.3, -0.25) is 4.79 Å². The normalized spacial score (nSPS) is 10.7. The smallest absolute Gasteiger partial charge is 0.244 e. The van der Waals surface area contributed by atoms with Crippen LogP contribution in [0.5, 0.6) is 11.5 Å². The van der Waals surface area contributed by atoms with Gasteiger partial charge in [-0.25, -0.2) is 5.43 Å². The molecule has 2 aromatic carbocycles. The van der Waals surface area contributed by atoms with Gasteiger partial charge in [0.15, 0.2) is 11.5 Å². The minimum atomic E-state index is -0.205. The maximum atomic E-state index is 11.9. The van der Waals surface area contributed by atoms with Gasteiger partial charge in [0, 0.05) is 4.47 Å². The van der Waals surface area contributed by atoms with Gasteiger partial charge in [0.05, 0.1) is 31.4 Å². The van der Waals surface area contributed by atoms with Crippen LogP contribution in [0.3, 0.4) is 0 Å². The first kappa shape index (κ1) is 19.3. The summed E-state index contributed by atoms with van der Waals surface area (Å²) >= 11 is 9.53. The first-order chi connectivity index (χ1) is 12.0. The van der Waals surface area contributed by atoms with E-state index in [-0.39, 0.29) is 12.3 Å². The van der Waals surface area contributed by atoms with Crippen LogP contribution in [0.2, 0.25) is 5.02 Å². The number of hydrogen-bond acceptors (Lipinski definition) is 4. The summed E-state index contributed by atoms with van der Waals surface area (Å²) in [6.07, 6.45) is 1.76. The van der Waals surface area contributed by atoms with Crippen LogP contribution in [-0.2, 0) is 11.2 Å². The van der Waals surface area contributed by atoms with Crippen LogP contribution >= 0.6 is 27.5 Å². The van der Waals surface area contributed by atoms with E-state index in [2.05, 4.69) is 26.5 Å². The molecule has 0 saturated heterocycles. The van der Waals surface area contributed by atoms with Crippen LogP contribution in [0.1, 0.15) is 18.1 Å². The molecule has 0 saturated carbocycles. The Hall–Kier alpha value is -2.05. The van der Waals surface area contributed by atoms with Gasteiger partial charge in [-0.05, 0) is 42.3 Å². The number of nitrogens with one attached hydrogen (secondary N) is 1. The number of benzene rings is 2. The van der Waals surface area contributed by atoms with E-state index in [4.69, 9.17) is 21.1 Å². The van der Waals surface area contributed by atoms with Crippen molar-refractivity contribution < 1.29 is 14.3 Å². The third kappa shape index (κ3) is 5.76. The van der Waals surface area contributed by atoms with E-state index in [1.54, 1.807) is 12.1 Å². The fourth-order valence-corrected chi connectivity index (χ4v) is 2.69. The topological polar surface area (TPSA) is 59.9 Å². The summed E-state index contributed by atoms with van der Waals surface area (Å²) < 4.78 is 11.7. The van der Waals surface area contributed by atoms with Crippen LogP contribution < -0.4 is 14.9 Å². The molecule has 0 fully saturated rings. The fraction of sp³-hybridized carbons (Fsp3) is 0.222. The second-order valence-corrected chi connectivity index (χ2v) is 6.39. The summed E-state index contributed by atoms with van der Waals surface area (Å²) in [4.78, 5) is 11.9. The Bertz CT molecular complexity index is 764. The largest absolute Gasteiger partial charge is 0.491 e. The molecule has 132 valence electrons. The maximum absolute atomic E-state index is 11.9. The SMILES string of the molecule is CCOc1cc(/C=N\NC(=O)Cc2ccc(Br)cc2)cc(Cl)c1OC. The Kier molecular flexibility index (Phi) is 7.28. The summed E-state index contributed by atoms with van der Waals surface area (Å²) in [5.74, 6) is 0.795. The summed E-state index contributed by atoms with van der Waals surface area (Å²) in [5.41, 5.74) is 4.09. The Morgan fingerprint density at radius 2 is 2.04 bits per heavy atom. The number of halogens is 2. The average Bonchev–Trinajstić information content (AvgIpc) is 2.57. The quantitative estimate of drug-likeness (QED) is 0.534. The molecule has 0 radical (unpaired) electrons. The van der Waals surface area contributed by atoms with Crippen molar-refractivity contribution in [1.82, 2.24) is 5.43 Å². The number of nitrogens with zero attached hydrogens (tertiary/aromatic N) is 1. The highest BCUT2D eigenvalue weighted by atomic mass is 79.9. The summed E-state index contributed by atoms with van der Waals surface area (Å²) in [7, 11) is 1.53. The van der Waals surface area contributed by atoms with Crippen molar-refractivity contribution in [1.29, 1.82) is 0 Å². The molecule has 2 rings (SSSR count). The minimum Gasteiger partial charge on any atom is -0.491 e. The number of hydrogen-bond donors (Lipinski definition) is 1. The van der Waals surface area contributed by atoms with E-state index in [1.807, 2.05) is 31.2 Å². The molecule has 0 aliphatic carbocycles. The molecule has 1 N–H and O–H groups in total. The molecular formula is C18H18BrClN2O3. The van der Waals surface area contributed by atoms with E-state index < -0.39 is 0 Å². The van der Waals surface area contributed by atoms with E-state index >= 15 is 0 Å². The standard InChI is InChI=1S/C18H18BrClN2O3/c1-3-25-16-9-13(8-15(20)18(16)24-2)11-21-22-17(23)10-12-4-6-14(19)7-5-12/h4-9,11H,3,10H2,1-2H3,(H,22,23)/b21-11-. The molecule has 0 unspecified atom stereocenters. The molecule has 0 atom stereocenters. The maximum Gasteiger partial charge on any atom is 0.244 e. The lowest BCUT2D eigenvalue weighted by Gasteiger charge is -2.11. The van der Waals surface area contributed by atoms with Gasteiger partial charge in [0.2, 0.25) is 5.91 Å². The molecule has 0 heterocycles. The van der Waals surface area contributed by atoms with Crippen molar-refractivity contribution in [2.24, 2.45) is 5.10 Å². The van der Waals surface area contributed by atoms with Crippen LogP contribution in [-0.4, -0.2) is 25.8 Å². The summed E-state index contributed by atoms with van der Waals surface area (Å²) in [6, 6.07) is 11.0. The summed E-state index contributed by atoms with van der Waals surface area (Å²) in [5, 5.41) is 4.38. The number of carbonyl (C=O) groups excluding carboxylic acids is 1. The van der Waals surface area contributed by atoms with Crippen molar-refractivity contribution in [3.05, 3.63) is 57.0 Å². The monoisotopic (exact) mass is 424 g/mol. The fourth-order valence-electron chi connectivity index (χ4n) is 2.13. The van der Waals surface area contributed by atoms with Gasteiger partial charge in [0.25, 0.3) is 0 Å². The van der Waals surface area contributed by atoms with Gasteiger partial charge in [0.1, 0.15) is 0 Å². The van der Waals surface area contributed by atoms with Gasteiger partial charge >= 0.3 is 0 Å². The lowest BCUT2D eigenvalue weighted by molar-refractivity contribution is -0.120. The zero-order valence-corrected chi connectivity index (χ0v) is 16.2. The number of carbonyl (C=O) groups is 1. The molecule has 1 amide bonds. The highest BCUT2D eigenvalue weighted by Gasteiger charge is 2.10. The van der Waals surface area contributed by atoms with Gasteiger partial charge in [-0.2, -0.15) is 5.10 Å². The average molecular weight is 426 g/mol. The number of ether oxygens (including phenoxy) is 2. The molecule has 5 nitrogen and oxygen atoms in total. The molecule has 0 bridgehead atoms. The van der Waals surface area contributed by atoms with E-state index in [1.165, 1.54) is 13.3 Å². The van der Waals surface area contributed by atoms with Crippen LogP contribution in [0, 0.1) is 0 Å². The number of methoxy groups -OCH3 is 1. The molecule has 25 heavy (non-hydrogen) atoms. The second-order valence-electron chi connectivity index (χ2n) is 5.06. The van der Waals surface area contributed by atoms with Crippen molar-refractivity contribution in [2.45, 2.75) is 13.3 Å². The zero-order valence-electron chi connectivity index (χ0n) is 13.9. The summed E-state index contributed by atoms with van der Waals surface area (Å²) in [6.45, 7) is 2.35. The van der Waals surface area contributed by atoms with Crippen molar-refractivity contribution in [3.8, 4) is 11.5 Å². The van der Waals surface area contributed by atoms with E-state index in [0.717, 1.165) is 10.0 Å². The number of rotatable bonds is 7. The van der Waals surface area contributed by atoms with Crippen LogP contribution in [0.15, 0.2) is 46.0 Å². The van der Waals surface area contributed by atoms with Crippen LogP contribution in [0.25, 0.3) is 0 Å². The molecule has 7 heteroatoms. The van der Waals surface area contributed by atoms with Gasteiger partial charge in [-0.1, -0.05) is 39.7 Å². The Morgan fingerprint density at radius 3 is 2.68 bits per heavy atom. The first-order valence-electron chi connectivity index (χ1n) is 7.60. The van der Waals surface area contributed by atoms with E-state index in [0.29, 0.717) is 28.7 Å². The number of hydrazone groups is 1. The van der Waals surface area contributed by atoms with E-state index in [9.17, 15) is 4.79 Å². The first-order valence-corrected chi connectivity index (χ1v) is 8.77. The Labute approximate surface area is 160 Å². The number of amides is 1. The molecule has 0 aliphatic rings. The molecular weight excluding hydrogens is 408 g/mol. The third-order valence-corrected chi connectivity index (χ3v) is 4.03. The molecule has 0 aliphatic heterocycles. The Balaban J connectivity index is 2.01. The lowest BCUT2D eigenvalue weighted by Crippen LogP contribution is -2.19. The van der Waals surface area contributed by atoms with Gasteiger partial charge < -0.3 is 9.47 Å². The van der Waals surface area contributed by atoms with Crippen molar-refractivity contribution in [2.75, 3.05) is 13.7 Å². The van der Waals surface area contributed by atoms with Gasteiger partial charge in [-0.15, -0.1) is 0 Å². The minimum absolute atomic E-state index is 0.205. The predicted octanol–water partition coefficient (Wildman–Crippen LogP) is 4.20. The van der Waals surface area contributed by atoms with Crippen LogP contribution in [0.4, 0.5) is 0 Å². The third-order valence-electron chi connectivity index (χ3n) is 3.22. The second kappa shape index (κ2) is 9.44. The molecule has 0 spiro atoms. The van der Waals surface area contributed by atoms with Crippen molar-refractivity contribution >= 4 is 39.7 Å². The molecule has 0 aromatic heterocycles. The Morgan fingerprint density at radius 1 is 1.32 bits per heavy atom. The molecule has 2 aromatic rings.